The molecule has 1 fully saturated rings. The van der Waals surface area contributed by atoms with Crippen molar-refractivity contribution in [1.29, 1.82) is 0 Å². The van der Waals surface area contributed by atoms with Gasteiger partial charge >= 0.3 is 5.76 Å². The Morgan fingerprint density at radius 1 is 1.53 bits per heavy atom. The van der Waals surface area contributed by atoms with E-state index in [4.69, 9.17) is 16.0 Å². The molecule has 1 aromatic carbocycles. The fourth-order valence-electron chi connectivity index (χ4n) is 2.13. The molecule has 0 aliphatic heterocycles. The van der Waals surface area contributed by atoms with Gasteiger partial charge in [-0.1, -0.05) is 18.9 Å². The lowest BCUT2D eigenvalue weighted by atomic mass is 10.1. The lowest BCUT2D eigenvalue weighted by molar-refractivity contribution is 0.527. The molecule has 1 aromatic heterocycles. The fourth-order valence-corrected chi connectivity index (χ4v) is 2.52. The van der Waals surface area contributed by atoms with E-state index in [9.17, 15) is 4.79 Å². The first kappa shape index (κ1) is 10.9. The molecule has 1 unspecified atom stereocenters. The van der Waals surface area contributed by atoms with Crippen molar-refractivity contribution < 1.29 is 4.42 Å². The van der Waals surface area contributed by atoms with E-state index in [-0.39, 0.29) is 11.1 Å². The number of alkyl halides is 1. The van der Waals surface area contributed by atoms with Crippen LogP contribution in [0.5, 0.6) is 0 Å². The Labute approximate surface area is 104 Å². The average Bonchev–Trinajstić information content (AvgIpc) is 3.07. The van der Waals surface area contributed by atoms with Crippen LogP contribution >= 0.6 is 11.6 Å². The van der Waals surface area contributed by atoms with Gasteiger partial charge in [0.2, 0.25) is 0 Å². The number of fused-ring (bicyclic) bond motifs is 1. The van der Waals surface area contributed by atoms with Crippen molar-refractivity contribution in [3.8, 4) is 0 Å². The Morgan fingerprint density at radius 3 is 3.00 bits per heavy atom. The van der Waals surface area contributed by atoms with Gasteiger partial charge in [0, 0.05) is 7.05 Å². The molecule has 1 saturated carbocycles. The number of rotatable bonds is 3. The highest BCUT2D eigenvalue weighted by atomic mass is 35.5. The van der Waals surface area contributed by atoms with Crippen LogP contribution in [-0.2, 0) is 7.05 Å². The number of oxazole rings is 1. The highest BCUT2D eigenvalue weighted by molar-refractivity contribution is 6.20. The van der Waals surface area contributed by atoms with Crippen molar-refractivity contribution in [1.82, 2.24) is 4.57 Å². The number of hydrogen-bond donors (Lipinski definition) is 0. The molecule has 1 aliphatic rings. The van der Waals surface area contributed by atoms with E-state index in [1.54, 1.807) is 7.05 Å². The predicted molar refractivity (Wildman–Crippen MR) is 67.4 cm³/mol. The van der Waals surface area contributed by atoms with Gasteiger partial charge in [-0.15, -0.1) is 11.6 Å². The summed E-state index contributed by atoms with van der Waals surface area (Å²) >= 11 is 6.36. The van der Waals surface area contributed by atoms with Gasteiger partial charge in [0.05, 0.1) is 10.9 Å². The minimum atomic E-state index is -0.328. The van der Waals surface area contributed by atoms with E-state index in [2.05, 4.69) is 0 Å². The second-order valence-electron chi connectivity index (χ2n) is 4.80. The van der Waals surface area contributed by atoms with Crippen LogP contribution < -0.4 is 5.76 Å². The minimum absolute atomic E-state index is 0.0254. The molecule has 0 radical (unpaired) electrons. The maximum Gasteiger partial charge on any atom is 0.419 e. The Balaban J connectivity index is 1.97. The molecule has 17 heavy (non-hydrogen) atoms. The van der Waals surface area contributed by atoms with Gasteiger partial charge in [-0.05, 0) is 30.0 Å². The van der Waals surface area contributed by atoms with Crippen molar-refractivity contribution >= 4 is 22.7 Å². The number of aryl methyl sites for hydroxylation is 1. The van der Waals surface area contributed by atoms with Gasteiger partial charge in [-0.3, -0.25) is 4.57 Å². The molecule has 90 valence electrons. The lowest BCUT2D eigenvalue weighted by Gasteiger charge is -2.08. The van der Waals surface area contributed by atoms with E-state index in [0.29, 0.717) is 5.58 Å². The van der Waals surface area contributed by atoms with Crippen LogP contribution in [0.15, 0.2) is 27.4 Å². The molecular weight excluding hydrogens is 238 g/mol. The van der Waals surface area contributed by atoms with Crippen LogP contribution in [0.3, 0.4) is 0 Å². The number of benzene rings is 1. The first-order valence-electron chi connectivity index (χ1n) is 5.88. The quantitative estimate of drug-likeness (QED) is 0.785. The molecule has 1 aliphatic carbocycles. The summed E-state index contributed by atoms with van der Waals surface area (Å²) in [5.41, 5.74) is 2.48. The fraction of sp³-hybridized carbons (Fsp3) is 0.462. The van der Waals surface area contributed by atoms with Crippen LogP contribution in [0, 0.1) is 5.92 Å². The Hall–Kier alpha value is -1.22. The smallest absolute Gasteiger partial charge is 0.408 e. The Morgan fingerprint density at radius 2 is 2.29 bits per heavy atom. The third kappa shape index (κ3) is 2.00. The maximum atomic E-state index is 11.4. The van der Waals surface area contributed by atoms with Crippen LogP contribution in [0.2, 0.25) is 0 Å². The molecule has 0 bridgehead atoms. The third-order valence-corrected chi connectivity index (χ3v) is 3.85. The molecule has 4 heteroatoms. The number of nitrogens with zero attached hydrogens (tertiary/aromatic N) is 1. The van der Waals surface area contributed by atoms with E-state index in [1.807, 2.05) is 18.2 Å². The molecule has 0 saturated heterocycles. The van der Waals surface area contributed by atoms with Crippen molar-refractivity contribution in [2.45, 2.75) is 24.6 Å². The molecular formula is C13H14ClNO2. The largest absolute Gasteiger partial charge is 0.419 e. The highest BCUT2D eigenvalue weighted by Gasteiger charge is 2.25. The second-order valence-corrected chi connectivity index (χ2v) is 5.33. The van der Waals surface area contributed by atoms with Gasteiger partial charge in [0.1, 0.15) is 0 Å². The summed E-state index contributed by atoms with van der Waals surface area (Å²) in [5.74, 6) is 0.460. The number of aromatic nitrogens is 1. The molecule has 3 nitrogen and oxygen atoms in total. The summed E-state index contributed by atoms with van der Waals surface area (Å²) in [5, 5.41) is 0.0254. The summed E-state index contributed by atoms with van der Waals surface area (Å²) in [6, 6.07) is 5.77. The zero-order valence-corrected chi connectivity index (χ0v) is 10.4. The predicted octanol–water partition coefficient (Wildman–Crippen LogP) is 3.21. The molecule has 0 spiro atoms. The van der Waals surface area contributed by atoms with Crippen molar-refractivity contribution in [3.63, 3.8) is 0 Å². The topological polar surface area (TPSA) is 35.1 Å². The second kappa shape index (κ2) is 3.91. The van der Waals surface area contributed by atoms with Crippen LogP contribution in [0.4, 0.5) is 0 Å². The summed E-state index contributed by atoms with van der Waals surface area (Å²) in [6.45, 7) is 0. The van der Waals surface area contributed by atoms with Crippen LogP contribution in [0.1, 0.15) is 30.2 Å². The zero-order chi connectivity index (χ0) is 12.0. The van der Waals surface area contributed by atoms with Gasteiger partial charge < -0.3 is 4.42 Å². The lowest BCUT2D eigenvalue weighted by Crippen LogP contribution is -2.08. The van der Waals surface area contributed by atoms with E-state index < -0.39 is 0 Å². The first-order valence-corrected chi connectivity index (χ1v) is 6.32. The SMILES string of the molecule is Cn1c(=O)oc2cc(C(Cl)CC3CC3)ccc21. The van der Waals surface area contributed by atoms with Gasteiger partial charge in [-0.2, -0.15) is 0 Å². The molecule has 0 N–H and O–H groups in total. The number of hydrogen-bond acceptors (Lipinski definition) is 2. The van der Waals surface area contributed by atoms with Gasteiger partial charge in [0.15, 0.2) is 5.58 Å². The summed E-state index contributed by atoms with van der Waals surface area (Å²) in [7, 11) is 1.70. The van der Waals surface area contributed by atoms with Crippen molar-refractivity contribution in [2.75, 3.05) is 0 Å². The molecule has 1 heterocycles. The van der Waals surface area contributed by atoms with Crippen LogP contribution in [-0.4, -0.2) is 4.57 Å². The van der Waals surface area contributed by atoms with Gasteiger partial charge in [-0.25, -0.2) is 4.79 Å². The van der Waals surface area contributed by atoms with Crippen LogP contribution in [0.25, 0.3) is 11.1 Å². The average molecular weight is 252 g/mol. The standard InChI is InChI=1S/C13H14ClNO2/c1-15-11-5-4-9(7-12(11)17-13(15)16)10(14)6-8-2-3-8/h4-5,7-8,10H,2-3,6H2,1H3. The Kier molecular flexibility index (Phi) is 2.51. The summed E-state index contributed by atoms with van der Waals surface area (Å²) in [6.07, 6.45) is 3.61. The monoisotopic (exact) mass is 251 g/mol. The van der Waals surface area contributed by atoms with E-state index >= 15 is 0 Å². The normalized spacial score (nSPS) is 17.5. The molecule has 1 atom stereocenters. The van der Waals surface area contributed by atoms with E-state index in [0.717, 1.165) is 23.4 Å². The third-order valence-electron chi connectivity index (χ3n) is 3.42. The Bertz CT molecular complexity index is 609. The zero-order valence-electron chi connectivity index (χ0n) is 9.65. The minimum Gasteiger partial charge on any atom is -0.408 e. The maximum absolute atomic E-state index is 11.4. The number of halogens is 1. The molecule has 0 amide bonds. The van der Waals surface area contributed by atoms with Crippen molar-refractivity contribution in [3.05, 3.63) is 34.3 Å². The van der Waals surface area contributed by atoms with E-state index in [1.165, 1.54) is 17.4 Å². The summed E-state index contributed by atoms with van der Waals surface area (Å²) in [4.78, 5) is 11.4. The highest BCUT2D eigenvalue weighted by Crippen LogP contribution is 2.40. The van der Waals surface area contributed by atoms with Gasteiger partial charge in [0.25, 0.3) is 0 Å². The first-order chi connectivity index (χ1) is 8.15. The van der Waals surface area contributed by atoms with Crippen molar-refractivity contribution in [2.24, 2.45) is 13.0 Å². The molecule has 3 rings (SSSR count). The molecule has 2 aromatic rings. The summed E-state index contributed by atoms with van der Waals surface area (Å²) < 4.78 is 6.66.